The van der Waals surface area contributed by atoms with Gasteiger partial charge in [-0.15, -0.1) is 11.3 Å². The average Bonchev–Trinajstić information content (AvgIpc) is 3.34. The maximum Gasteiger partial charge on any atom is 0.263 e. The number of benzene rings is 1. The molecule has 166 valence electrons. The van der Waals surface area contributed by atoms with Crippen molar-refractivity contribution in [2.24, 2.45) is 5.92 Å². The maximum atomic E-state index is 13.1. The fourth-order valence-corrected chi connectivity index (χ4v) is 5.26. The normalized spacial score (nSPS) is 20.3. The largest absolute Gasteiger partial charge is 0.340 e. The van der Waals surface area contributed by atoms with Gasteiger partial charge in [0, 0.05) is 45.8 Å². The summed E-state index contributed by atoms with van der Waals surface area (Å²) in [5, 5.41) is 1.93. The lowest BCUT2D eigenvalue weighted by atomic mass is 9.96. The van der Waals surface area contributed by atoms with Crippen LogP contribution in [0.3, 0.4) is 0 Å². The van der Waals surface area contributed by atoms with Gasteiger partial charge < -0.3 is 9.80 Å². The lowest BCUT2D eigenvalue weighted by molar-refractivity contribution is -0.138. The van der Waals surface area contributed by atoms with Crippen LogP contribution in [0, 0.1) is 5.92 Å². The number of likely N-dealkylation sites (tertiary alicyclic amines) is 1. The molecule has 31 heavy (non-hydrogen) atoms. The van der Waals surface area contributed by atoms with E-state index in [2.05, 4.69) is 43.0 Å². The van der Waals surface area contributed by atoms with Crippen LogP contribution in [-0.2, 0) is 11.3 Å². The highest BCUT2D eigenvalue weighted by atomic mass is 32.1. The fraction of sp³-hybridized carbons (Fsp3) is 0.520. The topological polar surface area (TPSA) is 43.9 Å². The molecule has 1 aromatic carbocycles. The molecule has 1 atom stereocenters. The number of hydrogen-bond acceptors (Lipinski definition) is 4. The summed E-state index contributed by atoms with van der Waals surface area (Å²) in [6.45, 7) is 10.0. The summed E-state index contributed by atoms with van der Waals surface area (Å²) in [4.78, 5) is 32.9. The van der Waals surface area contributed by atoms with Gasteiger partial charge in [-0.3, -0.25) is 14.5 Å². The van der Waals surface area contributed by atoms with Crippen molar-refractivity contribution in [1.29, 1.82) is 0 Å². The fourth-order valence-electron chi connectivity index (χ4n) is 4.57. The molecule has 2 fully saturated rings. The van der Waals surface area contributed by atoms with E-state index in [0.29, 0.717) is 12.5 Å². The number of nitrogens with zero attached hydrogens (tertiary/aromatic N) is 3. The lowest BCUT2D eigenvalue weighted by Gasteiger charge is -2.39. The first-order valence-electron chi connectivity index (χ1n) is 11.4. The van der Waals surface area contributed by atoms with E-state index in [1.165, 1.54) is 22.5 Å². The van der Waals surface area contributed by atoms with Crippen molar-refractivity contribution in [3.8, 4) is 0 Å². The zero-order valence-electron chi connectivity index (χ0n) is 18.6. The van der Waals surface area contributed by atoms with Crippen molar-refractivity contribution in [2.45, 2.75) is 39.2 Å². The number of piperazine rings is 1. The van der Waals surface area contributed by atoms with Crippen molar-refractivity contribution >= 4 is 23.2 Å². The molecule has 0 saturated carbocycles. The summed E-state index contributed by atoms with van der Waals surface area (Å²) in [6.07, 6.45) is 1.79. The number of rotatable bonds is 5. The maximum absolute atomic E-state index is 13.1. The Morgan fingerprint density at radius 2 is 1.74 bits per heavy atom. The van der Waals surface area contributed by atoms with Crippen molar-refractivity contribution in [1.82, 2.24) is 14.7 Å². The van der Waals surface area contributed by atoms with Gasteiger partial charge in [-0.25, -0.2) is 0 Å². The van der Waals surface area contributed by atoms with Crippen molar-refractivity contribution in [3.05, 3.63) is 57.8 Å². The Labute approximate surface area is 189 Å². The minimum absolute atomic E-state index is 0.0622. The number of thiophene rings is 1. The van der Waals surface area contributed by atoms with Gasteiger partial charge in [0.2, 0.25) is 5.91 Å². The number of carbonyl (C=O) groups excluding carboxylic acids is 2. The summed E-state index contributed by atoms with van der Waals surface area (Å²) in [5.41, 5.74) is 2.71. The molecule has 2 amide bonds. The van der Waals surface area contributed by atoms with Gasteiger partial charge in [-0.1, -0.05) is 44.2 Å². The van der Waals surface area contributed by atoms with Gasteiger partial charge in [0.1, 0.15) is 0 Å². The van der Waals surface area contributed by atoms with Crippen LogP contribution >= 0.6 is 11.3 Å². The lowest BCUT2D eigenvalue weighted by Crippen LogP contribution is -2.52. The Bertz CT molecular complexity index is 871. The summed E-state index contributed by atoms with van der Waals surface area (Å²) in [6, 6.07) is 12.7. The highest BCUT2D eigenvalue weighted by Gasteiger charge is 2.33. The van der Waals surface area contributed by atoms with Crippen LogP contribution in [-0.4, -0.2) is 65.8 Å². The minimum Gasteiger partial charge on any atom is -0.340 e. The highest BCUT2D eigenvalue weighted by Crippen LogP contribution is 2.23. The second-order valence-electron chi connectivity index (χ2n) is 9.07. The van der Waals surface area contributed by atoms with Crippen LogP contribution in [0.2, 0.25) is 0 Å². The van der Waals surface area contributed by atoms with E-state index in [1.807, 2.05) is 27.3 Å². The molecule has 2 aliphatic heterocycles. The summed E-state index contributed by atoms with van der Waals surface area (Å²) in [5.74, 6) is 0.790. The van der Waals surface area contributed by atoms with Gasteiger partial charge in [-0.2, -0.15) is 0 Å². The van der Waals surface area contributed by atoms with Crippen molar-refractivity contribution in [2.75, 3.05) is 39.3 Å². The molecule has 2 aliphatic rings. The first-order chi connectivity index (χ1) is 15.0. The van der Waals surface area contributed by atoms with E-state index in [0.717, 1.165) is 57.0 Å². The van der Waals surface area contributed by atoms with Crippen LogP contribution in [0.15, 0.2) is 41.8 Å². The molecule has 0 bridgehead atoms. The molecule has 5 nitrogen and oxygen atoms in total. The van der Waals surface area contributed by atoms with E-state index >= 15 is 0 Å². The Morgan fingerprint density at radius 3 is 2.39 bits per heavy atom. The molecule has 1 unspecified atom stereocenters. The third-order valence-corrected chi connectivity index (χ3v) is 7.38. The monoisotopic (exact) mass is 439 g/mol. The standard InChI is InChI=1S/C25H33N3O2S/c1-19(2)21-9-7-20(8-10-21)17-26-12-14-27(15-13-26)24(29)22-5-3-11-28(18-22)25(30)23-6-4-16-31-23/h4,6-10,16,19,22H,3,5,11-15,17-18H2,1-2H3. The van der Waals surface area contributed by atoms with Gasteiger partial charge in [-0.05, 0) is 41.3 Å². The van der Waals surface area contributed by atoms with Crippen LogP contribution in [0.4, 0.5) is 0 Å². The zero-order valence-corrected chi connectivity index (χ0v) is 19.4. The molecule has 0 spiro atoms. The minimum atomic E-state index is -0.0622. The van der Waals surface area contributed by atoms with Gasteiger partial charge in [0.25, 0.3) is 5.91 Å². The van der Waals surface area contributed by atoms with Gasteiger partial charge >= 0.3 is 0 Å². The number of hydrogen-bond donors (Lipinski definition) is 0. The molecule has 2 saturated heterocycles. The van der Waals surface area contributed by atoms with Crippen LogP contribution in [0.25, 0.3) is 0 Å². The van der Waals surface area contributed by atoms with Crippen LogP contribution in [0.1, 0.15) is 53.4 Å². The molecular weight excluding hydrogens is 406 g/mol. The third kappa shape index (κ3) is 5.36. The van der Waals surface area contributed by atoms with Crippen molar-refractivity contribution < 1.29 is 9.59 Å². The molecule has 4 rings (SSSR count). The van der Waals surface area contributed by atoms with E-state index in [9.17, 15) is 9.59 Å². The summed E-state index contributed by atoms with van der Waals surface area (Å²) >= 11 is 1.47. The first kappa shape index (κ1) is 22.0. The summed E-state index contributed by atoms with van der Waals surface area (Å²) in [7, 11) is 0. The summed E-state index contributed by atoms with van der Waals surface area (Å²) < 4.78 is 0. The molecular formula is C25H33N3O2S. The number of carbonyl (C=O) groups is 2. The van der Waals surface area contributed by atoms with E-state index in [4.69, 9.17) is 0 Å². The molecule has 0 radical (unpaired) electrons. The quantitative estimate of drug-likeness (QED) is 0.705. The highest BCUT2D eigenvalue weighted by molar-refractivity contribution is 7.12. The van der Waals surface area contributed by atoms with Crippen LogP contribution < -0.4 is 0 Å². The van der Waals surface area contributed by atoms with E-state index < -0.39 is 0 Å². The Kier molecular flexibility index (Phi) is 7.08. The smallest absolute Gasteiger partial charge is 0.263 e. The molecule has 6 heteroatoms. The van der Waals surface area contributed by atoms with Crippen molar-refractivity contribution in [3.63, 3.8) is 0 Å². The molecule has 3 heterocycles. The van der Waals surface area contributed by atoms with E-state index in [1.54, 1.807) is 0 Å². The SMILES string of the molecule is CC(C)c1ccc(CN2CCN(C(=O)C3CCCN(C(=O)c4cccs4)C3)CC2)cc1. The predicted octanol–water partition coefficient (Wildman–Crippen LogP) is 4.07. The first-order valence-corrected chi connectivity index (χ1v) is 12.3. The molecule has 1 aromatic heterocycles. The average molecular weight is 440 g/mol. The number of amides is 2. The zero-order chi connectivity index (χ0) is 21.8. The Morgan fingerprint density at radius 1 is 1.00 bits per heavy atom. The predicted molar refractivity (Wildman–Crippen MR) is 125 cm³/mol. The van der Waals surface area contributed by atoms with Gasteiger partial charge in [0.15, 0.2) is 0 Å². The molecule has 0 N–H and O–H groups in total. The second-order valence-corrected chi connectivity index (χ2v) is 10.0. The van der Waals surface area contributed by atoms with Gasteiger partial charge in [0.05, 0.1) is 10.8 Å². The Balaban J connectivity index is 1.27. The third-order valence-electron chi connectivity index (χ3n) is 6.53. The molecule has 0 aliphatic carbocycles. The van der Waals surface area contributed by atoms with E-state index in [-0.39, 0.29) is 17.7 Å². The second kappa shape index (κ2) is 9.96. The van der Waals surface area contributed by atoms with Crippen LogP contribution in [0.5, 0.6) is 0 Å². The Hall–Kier alpha value is -2.18. The number of piperidine rings is 1. The molecule has 2 aromatic rings.